The van der Waals surface area contributed by atoms with E-state index in [0.717, 1.165) is 18.4 Å². The minimum atomic E-state index is -2.84. The number of carbonyl (C=O) groups excluding carboxylic acids is 1. The SMILES string of the molecule is CCOC1CCN(C(=O)N[C@@H](C)c2ccc(OC(F)F)cc2)CC1. The molecule has 1 aromatic carbocycles. The average molecular weight is 342 g/mol. The number of carbonyl (C=O) groups is 1. The molecule has 24 heavy (non-hydrogen) atoms. The second-order valence-corrected chi connectivity index (χ2v) is 5.76. The van der Waals surface area contributed by atoms with Gasteiger partial charge in [-0.3, -0.25) is 0 Å². The van der Waals surface area contributed by atoms with Gasteiger partial charge in [-0.15, -0.1) is 0 Å². The van der Waals surface area contributed by atoms with Gasteiger partial charge >= 0.3 is 12.6 Å². The summed E-state index contributed by atoms with van der Waals surface area (Å²) < 4.78 is 34.2. The van der Waals surface area contributed by atoms with Crippen molar-refractivity contribution < 1.29 is 23.0 Å². The first-order valence-corrected chi connectivity index (χ1v) is 8.21. The summed E-state index contributed by atoms with van der Waals surface area (Å²) in [5.74, 6) is 0.102. The Balaban J connectivity index is 1.83. The summed E-state index contributed by atoms with van der Waals surface area (Å²) in [6.45, 7) is 3.02. The van der Waals surface area contributed by atoms with E-state index in [-0.39, 0.29) is 23.9 Å². The Morgan fingerprint density at radius 2 is 1.92 bits per heavy atom. The molecule has 0 aliphatic carbocycles. The number of amides is 2. The van der Waals surface area contributed by atoms with Crippen LogP contribution in [-0.2, 0) is 4.74 Å². The van der Waals surface area contributed by atoms with Crippen LogP contribution >= 0.6 is 0 Å². The molecule has 0 unspecified atom stereocenters. The summed E-state index contributed by atoms with van der Waals surface area (Å²) in [7, 11) is 0. The molecule has 1 aromatic rings. The van der Waals surface area contributed by atoms with Crippen LogP contribution < -0.4 is 10.1 Å². The number of hydrogen-bond donors (Lipinski definition) is 1. The third-order valence-electron chi connectivity index (χ3n) is 4.08. The lowest BCUT2D eigenvalue weighted by Gasteiger charge is -2.32. The van der Waals surface area contributed by atoms with Crippen LogP contribution in [0.1, 0.15) is 38.3 Å². The monoisotopic (exact) mass is 342 g/mol. The maximum absolute atomic E-state index is 12.3. The van der Waals surface area contributed by atoms with E-state index in [1.807, 2.05) is 13.8 Å². The number of hydrogen-bond acceptors (Lipinski definition) is 3. The molecule has 5 nitrogen and oxygen atoms in total. The average Bonchev–Trinajstić information content (AvgIpc) is 2.56. The molecule has 2 rings (SSSR count). The summed E-state index contributed by atoms with van der Waals surface area (Å²) >= 11 is 0. The first-order chi connectivity index (χ1) is 11.5. The van der Waals surface area contributed by atoms with E-state index >= 15 is 0 Å². The van der Waals surface area contributed by atoms with Crippen molar-refractivity contribution in [2.45, 2.75) is 45.4 Å². The van der Waals surface area contributed by atoms with Gasteiger partial charge in [0.05, 0.1) is 12.1 Å². The van der Waals surface area contributed by atoms with Crippen LogP contribution in [0.4, 0.5) is 13.6 Å². The van der Waals surface area contributed by atoms with Gasteiger partial charge in [0.2, 0.25) is 0 Å². The van der Waals surface area contributed by atoms with Gasteiger partial charge in [0.15, 0.2) is 0 Å². The molecule has 1 saturated heterocycles. The second kappa shape index (κ2) is 8.82. The van der Waals surface area contributed by atoms with Crippen molar-refractivity contribution in [3.8, 4) is 5.75 Å². The van der Waals surface area contributed by atoms with E-state index in [4.69, 9.17) is 4.74 Å². The lowest BCUT2D eigenvalue weighted by molar-refractivity contribution is -0.0498. The third-order valence-corrected chi connectivity index (χ3v) is 4.08. The zero-order valence-electron chi connectivity index (χ0n) is 14.0. The summed E-state index contributed by atoms with van der Waals surface area (Å²) in [5, 5.41) is 2.93. The summed E-state index contributed by atoms with van der Waals surface area (Å²) in [6.07, 6.45) is 1.92. The van der Waals surface area contributed by atoms with E-state index < -0.39 is 6.61 Å². The van der Waals surface area contributed by atoms with Crippen molar-refractivity contribution in [2.24, 2.45) is 0 Å². The zero-order chi connectivity index (χ0) is 17.5. The van der Waals surface area contributed by atoms with E-state index in [1.54, 1.807) is 17.0 Å². The maximum Gasteiger partial charge on any atom is 0.387 e. The van der Waals surface area contributed by atoms with Crippen molar-refractivity contribution >= 4 is 6.03 Å². The first kappa shape index (κ1) is 18.4. The highest BCUT2D eigenvalue weighted by atomic mass is 19.3. The summed E-state index contributed by atoms with van der Waals surface area (Å²) in [4.78, 5) is 14.1. The van der Waals surface area contributed by atoms with Crippen LogP contribution in [0.2, 0.25) is 0 Å². The fourth-order valence-electron chi connectivity index (χ4n) is 2.76. The van der Waals surface area contributed by atoms with E-state index in [9.17, 15) is 13.6 Å². The Morgan fingerprint density at radius 1 is 1.29 bits per heavy atom. The van der Waals surface area contributed by atoms with Crippen molar-refractivity contribution in [1.82, 2.24) is 10.2 Å². The first-order valence-electron chi connectivity index (χ1n) is 8.21. The smallest absolute Gasteiger partial charge is 0.387 e. The largest absolute Gasteiger partial charge is 0.435 e. The molecule has 0 saturated carbocycles. The highest BCUT2D eigenvalue weighted by Gasteiger charge is 2.23. The number of nitrogens with zero attached hydrogens (tertiary/aromatic N) is 1. The Bertz CT molecular complexity index is 517. The molecular weight excluding hydrogens is 318 g/mol. The molecule has 0 bridgehead atoms. The van der Waals surface area contributed by atoms with Crippen molar-refractivity contribution in [3.05, 3.63) is 29.8 Å². The van der Waals surface area contributed by atoms with E-state index in [2.05, 4.69) is 10.1 Å². The van der Waals surface area contributed by atoms with Gasteiger partial charge in [-0.05, 0) is 44.4 Å². The second-order valence-electron chi connectivity index (χ2n) is 5.76. The van der Waals surface area contributed by atoms with Crippen LogP contribution in [-0.4, -0.2) is 43.3 Å². The lowest BCUT2D eigenvalue weighted by Crippen LogP contribution is -2.46. The van der Waals surface area contributed by atoms with Gasteiger partial charge in [0.25, 0.3) is 0 Å². The zero-order valence-corrected chi connectivity index (χ0v) is 14.0. The van der Waals surface area contributed by atoms with Crippen molar-refractivity contribution in [2.75, 3.05) is 19.7 Å². The highest BCUT2D eigenvalue weighted by molar-refractivity contribution is 5.74. The number of piperidine rings is 1. The van der Waals surface area contributed by atoms with Gasteiger partial charge in [-0.2, -0.15) is 8.78 Å². The molecule has 1 atom stereocenters. The quantitative estimate of drug-likeness (QED) is 0.860. The topological polar surface area (TPSA) is 50.8 Å². The molecule has 7 heteroatoms. The van der Waals surface area contributed by atoms with E-state index in [1.165, 1.54) is 12.1 Å². The number of benzene rings is 1. The van der Waals surface area contributed by atoms with Crippen LogP contribution in [0, 0.1) is 0 Å². The predicted octanol–water partition coefficient (Wildman–Crippen LogP) is 3.56. The molecule has 1 heterocycles. The molecule has 1 fully saturated rings. The minimum absolute atomic E-state index is 0.102. The Hall–Kier alpha value is -1.89. The molecular formula is C17H24F2N2O3. The predicted molar refractivity (Wildman–Crippen MR) is 86.2 cm³/mol. The van der Waals surface area contributed by atoms with Gasteiger partial charge in [0, 0.05) is 19.7 Å². The molecule has 0 spiro atoms. The number of alkyl halides is 2. The van der Waals surface area contributed by atoms with E-state index in [0.29, 0.717) is 19.7 Å². The van der Waals surface area contributed by atoms with Crippen molar-refractivity contribution in [3.63, 3.8) is 0 Å². The number of urea groups is 1. The molecule has 0 aromatic heterocycles. The van der Waals surface area contributed by atoms with Crippen LogP contribution in [0.5, 0.6) is 5.75 Å². The van der Waals surface area contributed by atoms with Crippen LogP contribution in [0.15, 0.2) is 24.3 Å². The van der Waals surface area contributed by atoms with Gasteiger partial charge < -0.3 is 19.7 Å². The number of nitrogens with one attached hydrogen (secondary N) is 1. The standard InChI is InChI=1S/C17H24F2N2O3/c1-3-23-14-8-10-21(11-9-14)17(22)20-12(2)13-4-6-15(7-5-13)24-16(18)19/h4-7,12,14,16H,3,8-11H2,1-2H3,(H,20,22)/t12-/m0/s1. The fourth-order valence-corrected chi connectivity index (χ4v) is 2.76. The van der Waals surface area contributed by atoms with Crippen LogP contribution in [0.25, 0.3) is 0 Å². The molecule has 134 valence electrons. The maximum atomic E-state index is 12.3. The van der Waals surface area contributed by atoms with Crippen LogP contribution in [0.3, 0.4) is 0 Å². The van der Waals surface area contributed by atoms with Gasteiger partial charge in [0.1, 0.15) is 5.75 Å². The normalized spacial score (nSPS) is 17.0. The number of halogens is 2. The van der Waals surface area contributed by atoms with Gasteiger partial charge in [-0.1, -0.05) is 12.1 Å². The molecule has 1 aliphatic rings. The summed E-state index contributed by atoms with van der Waals surface area (Å²) in [5.41, 5.74) is 0.828. The lowest BCUT2D eigenvalue weighted by atomic mass is 10.1. The van der Waals surface area contributed by atoms with Crippen molar-refractivity contribution in [1.29, 1.82) is 0 Å². The number of likely N-dealkylation sites (tertiary alicyclic amines) is 1. The molecule has 2 amide bonds. The molecule has 1 aliphatic heterocycles. The minimum Gasteiger partial charge on any atom is -0.435 e. The highest BCUT2D eigenvalue weighted by Crippen LogP contribution is 2.20. The Labute approximate surface area is 140 Å². The Kier molecular flexibility index (Phi) is 6.78. The Morgan fingerprint density at radius 3 is 2.46 bits per heavy atom. The van der Waals surface area contributed by atoms with Gasteiger partial charge in [-0.25, -0.2) is 4.79 Å². The third kappa shape index (κ3) is 5.33. The number of rotatable bonds is 6. The molecule has 1 N–H and O–H groups in total. The fraction of sp³-hybridized carbons (Fsp3) is 0.588. The summed E-state index contributed by atoms with van der Waals surface area (Å²) in [6, 6.07) is 5.94. The number of ether oxygens (including phenoxy) is 2. The molecule has 0 radical (unpaired) electrons.